The van der Waals surface area contributed by atoms with E-state index >= 15 is 0 Å². The maximum atomic E-state index is 5.26. The molecular weight excluding hydrogens is 286 g/mol. The second-order valence-electron chi connectivity index (χ2n) is 3.17. The number of nitrogens with zero attached hydrogens (tertiary/aromatic N) is 1. The van der Waals surface area contributed by atoms with Gasteiger partial charge in [-0.2, -0.15) is 0 Å². The quantitative estimate of drug-likeness (QED) is 0.739. The Morgan fingerprint density at radius 1 is 1.42 bits per heavy atom. The highest BCUT2D eigenvalue weighted by molar-refractivity contribution is 9.09. The number of morpholine rings is 1. The number of hydrogen-bond acceptors (Lipinski definition) is 2. The molecule has 0 saturated carbocycles. The van der Waals surface area contributed by atoms with Crippen molar-refractivity contribution in [1.82, 2.24) is 4.90 Å². The summed E-state index contributed by atoms with van der Waals surface area (Å²) in [5, 5.41) is 1.10. The molecule has 0 aliphatic carbocycles. The first kappa shape index (κ1) is 12.9. The standard InChI is InChI=1S/C8H16BrNO.BrH/c1-8(6-9)7-10-2-4-11-5-3-10;/h8H,2-7H2,1H3;1H. The van der Waals surface area contributed by atoms with Gasteiger partial charge < -0.3 is 4.74 Å². The first-order valence-corrected chi connectivity index (χ1v) is 5.31. The topological polar surface area (TPSA) is 12.5 Å². The van der Waals surface area contributed by atoms with Crippen molar-refractivity contribution in [3.63, 3.8) is 0 Å². The Morgan fingerprint density at radius 2 is 2.00 bits per heavy atom. The molecule has 74 valence electrons. The van der Waals surface area contributed by atoms with Crippen molar-refractivity contribution >= 4 is 32.9 Å². The average Bonchev–Trinajstić information content (AvgIpc) is 2.06. The van der Waals surface area contributed by atoms with Crippen LogP contribution >= 0.6 is 32.9 Å². The van der Waals surface area contributed by atoms with Gasteiger partial charge in [0.15, 0.2) is 0 Å². The summed E-state index contributed by atoms with van der Waals surface area (Å²) >= 11 is 3.48. The zero-order valence-corrected chi connectivity index (χ0v) is 10.8. The van der Waals surface area contributed by atoms with E-state index < -0.39 is 0 Å². The molecule has 0 aromatic heterocycles. The molecule has 0 N–H and O–H groups in total. The van der Waals surface area contributed by atoms with Gasteiger partial charge in [-0.15, -0.1) is 17.0 Å². The average molecular weight is 303 g/mol. The number of ether oxygens (including phenoxy) is 1. The highest BCUT2D eigenvalue weighted by Gasteiger charge is 2.12. The van der Waals surface area contributed by atoms with E-state index in [0.717, 1.165) is 37.6 Å². The van der Waals surface area contributed by atoms with Crippen LogP contribution in [0.5, 0.6) is 0 Å². The Balaban J connectivity index is 0.00000121. The van der Waals surface area contributed by atoms with Crippen molar-refractivity contribution < 1.29 is 4.74 Å². The molecule has 0 aromatic carbocycles. The second kappa shape index (κ2) is 7.30. The predicted octanol–water partition coefficient (Wildman–Crippen LogP) is 1.93. The van der Waals surface area contributed by atoms with Crippen LogP contribution in [0.2, 0.25) is 0 Å². The lowest BCUT2D eigenvalue weighted by Gasteiger charge is -2.28. The molecule has 0 radical (unpaired) electrons. The first-order valence-electron chi connectivity index (χ1n) is 4.19. The second-order valence-corrected chi connectivity index (χ2v) is 3.82. The summed E-state index contributed by atoms with van der Waals surface area (Å²) in [7, 11) is 0. The molecule has 1 atom stereocenters. The maximum Gasteiger partial charge on any atom is 0.0594 e. The van der Waals surface area contributed by atoms with Crippen LogP contribution < -0.4 is 0 Å². The van der Waals surface area contributed by atoms with Gasteiger partial charge in [0.1, 0.15) is 0 Å². The molecule has 4 heteroatoms. The van der Waals surface area contributed by atoms with Gasteiger partial charge in [-0.25, -0.2) is 0 Å². The Morgan fingerprint density at radius 3 is 2.50 bits per heavy atom. The summed E-state index contributed by atoms with van der Waals surface area (Å²) < 4.78 is 5.26. The van der Waals surface area contributed by atoms with Crippen LogP contribution in [0.15, 0.2) is 0 Å². The van der Waals surface area contributed by atoms with Crippen molar-refractivity contribution in [3.8, 4) is 0 Å². The van der Waals surface area contributed by atoms with Gasteiger partial charge in [0, 0.05) is 25.0 Å². The monoisotopic (exact) mass is 301 g/mol. The van der Waals surface area contributed by atoms with Crippen LogP contribution in [0.25, 0.3) is 0 Å². The Kier molecular flexibility index (Phi) is 7.83. The van der Waals surface area contributed by atoms with E-state index in [1.165, 1.54) is 6.54 Å². The Labute approximate surface area is 93.5 Å². The number of hydrogen-bond donors (Lipinski definition) is 0. The Bertz CT molecular complexity index is 107. The molecule has 1 rings (SSSR count). The zero-order valence-electron chi connectivity index (χ0n) is 7.46. The highest BCUT2D eigenvalue weighted by atomic mass is 79.9. The molecule has 1 heterocycles. The molecule has 1 unspecified atom stereocenters. The summed E-state index contributed by atoms with van der Waals surface area (Å²) in [4.78, 5) is 2.47. The fourth-order valence-electron chi connectivity index (χ4n) is 1.27. The van der Waals surface area contributed by atoms with Crippen molar-refractivity contribution in [3.05, 3.63) is 0 Å². The molecule has 1 saturated heterocycles. The van der Waals surface area contributed by atoms with Crippen LogP contribution in [0, 0.1) is 5.92 Å². The van der Waals surface area contributed by atoms with Crippen molar-refractivity contribution in [2.45, 2.75) is 6.92 Å². The molecule has 12 heavy (non-hydrogen) atoms. The molecule has 0 aromatic rings. The van der Waals surface area contributed by atoms with Crippen LogP contribution in [0.1, 0.15) is 6.92 Å². The van der Waals surface area contributed by atoms with Crippen molar-refractivity contribution in [2.24, 2.45) is 5.92 Å². The zero-order chi connectivity index (χ0) is 8.10. The van der Waals surface area contributed by atoms with Gasteiger partial charge in [-0.1, -0.05) is 22.9 Å². The van der Waals surface area contributed by atoms with Crippen LogP contribution in [-0.2, 0) is 4.74 Å². The van der Waals surface area contributed by atoms with Gasteiger partial charge >= 0.3 is 0 Å². The lowest BCUT2D eigenvalue weighted by atomic mass is 10.2. The van der Waals surface area contributed by atoms with E-state index in [-0.39, 0.29) is 17.0 Å². The summed E-state index contributed by atoms with van der Waals surface area (Å²) in [6.07, 6.45) is 0. The van der Waals surface area contributed by atoms with E-state index in [2.05, 4.69) is 27.8 Å². The molecule has 0 bridgehead atoms. The summed E-state index contributed by atoms with van der Waals surface area (Å²) in [6, 6.07) is 0. The van der Waals surface area contributed by atoms with Crippen LogP contribution in [0.4, 0.5) is 0 Å². The van der Waals surface area contributed by atoms with Gasteiger partial charge in [0.05, 0.1) is 13.2 Å². The third kappa shape index (κ3) is 4.80. The fourth-order valence-corrected chi connectivity index (χ4v) is 1.48. The molecule has 2 nitrogen and oxygen atoms in total. The molecule has 0 spiro atoms. The minimum absolute atomic E-state index is 0. The number of rotatable bonds is 3. The van der Waals surface area contributed by atoms with Crippen LogP contribution in [0.3, 0.4) is 0 Å². The molecule has 1 aliphatic heterocycles. The molecule has 0 amide bonds. The third-order valence-electron chi connectivity index (χ3n) is 1.94. The SMILES string of the molecule is Br.CC(CBr)CN1CCOCC1. The van der Waals surface area contributed by atoms with Gasteiger partial charge in [-0.3, -0.25) is 4.90 Å². The minimum Gasteiger partial charge on any atom is -0.379 e. The summed E-state index contributed by atoms with van der Waals surface area (Å²) in [6.45, 7) is 7.51. The normalized spacial score (nSPS) is 21.5. The fraction of sp³-hybridized carbons (Fsp3) is 1.00. The lowest BCUT2D eigenvalue weighted by Crippen LogP contribution is -2.39. The van der Waals surface area contributed by atoms with E-state index in [0.29, 0.717) is 0 Å². The van der Waals surface area contributed by atoms with Crippen LogP contribution in [-0.4, -0.2) is 43.1 Å². The smallest absolute Gasteiger partial charge is 0.0594 e. The minimum atomic E-state index is 0. The van der Waals surface area contributed by atoms with E-state index in [1.807, 2.05) is 0 Å². The van der Waals surface area contributed by atoms with Gasteiger partial charge in [0.2, 0.25) is 0 Å². The predicted molar refractivity (Wildman–Crippen MR) is 60.5 cm³/mol. The number of alkyl halides is 1. The summed E-state index contributed by atoms with van der Waals surface area (Å²) in [5.41, 5.74) is 0. The molecule has 1 fully saturated rings. The molecule has 1 aliphatic rings. The van der Waals surface area contributed by atoms with Crippen molar-refractivity contribution in [2.75, 3.05) is 38.2 Å². The maximum absolute atomic E-state index is 5.26. The van der Waals surface area contributed by atoms with E-state index in [9.17, 15) is 0 Å². The summed E-state index contributed by atoms with van der Waals surface area (Å²) in [5.74, 6) is 0.757. The van der Waals surface area contributed by atoms with E-state index in [4.69, 9.17) is 4.74 Å². The highest BCUT2D eigenvalue weighted by Crippen LogP contribution is 2.05. The Hall–Kier alpha value is 0.880. The first-order chi connectivity index (χ1) is 5.33. The largest absolute Gasteiger partial charge is 0.379 e. The third-order valence-corrected chi connectivity index (χ3v) is 3.04. The van der Waals surface area contributed by atoms with Crippen molar-refractivity contribution in [1.29, 1.82) is 0 Å². The molecular formula is C8H17Br2NO. The number of halogens is 2. The van der Waals surface area contributed by atoms with Gasteiger partial charge in [0.25, 0.3) is 0 Å². The van der Waals surface area contributed by atoms with Gasteiger partial charge in [-0.05, 0) is 5.92 Å². The lowest BCUT2D eigenvalue weighted by molar-refractivity contribution is 0.0332. The van der Waals surface area contributed by atoms with E-state index in [1.54, 1.807) is 0 Å².